The van der Waals surface area contributed by atoms with Crippen LogP contribution in [0.2, 0.25) is 0 Å². The van der Waals surface area contributed by atoms with Crippen LogP contribution in [-0.4, -0.2) is 28.5 Å². The summed E-state index contributed by atoms with van der Waals surface area (Å²) < 4.78 is 0. The van der Waals surface area contributed by atoms with Gasteiger partial charge in [0.15, 0.2) is 11.5 Å². The van der Waals surface area contributed by atoms with E-state index in [0.29, 0.717) is 10.9 Å². The molecule has 0 aromatic heterocycles. The van der Waals surface area contributed by atoms with Crippen molar-refractivity contribution in [1.82, 2.24) is 0 Å². The van der Waals surface area contributed by atoms with Gasteiger partial charge in [-0.05, 0) is 28.6 Å². The summed E-state index contributed by atoms with van der Waals surface area (Å²) in [6.07, 6.45) is 5.35. The quantitative estimate of drug-likeness (QED) is 0.404. The van der Waals surface area contributed by atoms with Crippen molar-refractivity contribution in [3.05, 3.63) is 23.8 Å². The number of hydrogen-bond donors (Lipinski definition) is 2. The van der Waals surface area contributed by atoms with Crippen molar-refractivity contribution in [2.75, 3.05) is 18.3 Å². The zero-order chi connectivity index (χ0) is 9.84. The molecule has 0 bridgehead atoms. The number of phenolic OH excluding ortho intramolecular Hbond substituents is 2. The highest BCUT2D eigenvalue weighted by molar-refractivity contribution is 7.95. The first-order valence-electron chi connectivity index (χ1n) is 4.14. The molecule has 2 nitrogen and oxygen atoms in total. The summed E-state index contributed by atoms with van der Waals surface area (Å²) in [7, 11) is 0.428. The fourth-order valence-electron chi connectivity index (χ4n) is 1.05. The summed E-state index contributed by atoms with van der Waals surface area (Å²) in [5.74, 6) is 1.06. The molecule has 14 heavy (non-hydrogen) atoms. The van der Waals surface area contributed by atoms with Gasteiger partial charge < -0.3 is 34.2 Å². The average molecular weight is 326 g/mol. The van der Waals surface area contributed by atoms with Crippen molar-refractivity contribution >= 4 is 10.9 Å². The van der Waals surface area contributed by atoms with Crippen molar-refractivity contribution in [3.63, 3.8) is 0 Å². The lowest BCUT2D eigenvalue weighted by atomic mass is 10.1. The van der Waals surface area contributed by atoms with E-state index in [1.165, 1.54) is 6.07 Å². The van der Waals surface area contributed by atoms with E-state index < -0.39 is 0 Å². The summed E-state index contributed by atoms with van der Waals surface area (Å²) in [5.41, 5.74) is 1.08. The molecule has 0 saturated heterocycles. The molecule has 0 heterocycles. The highest BCUT2D eigenvalue weighted by Gasteiger charge is 2.05. The van der Waals surface area contributed by atoms with E-state index in [1.807, 2.05) is 6.07 Å². The van der Waals surface area contributed by atoms with Gasteiger partial charge in [0.2, 0.25) is 0 Å². The lowest BCUT2D eigenvalue weighted by Gasteiger charge is -2.01. The molecule has 1 rings (SSSR count). The SMILES string of the molecule is C[S+](C)CCc1ccc(O)c(O)c1.[I-]. The fourth-order valence-corrected chi connectivity index (χ4v) is 1.69. The largest absolute Gasteiger partial charge is 1.00 e. The van der Waals surface area contributed by atoms with Crippen molar-refractivity contribution in [2.45, 2.75) is 6.42 Å². The van der Waals surface area contributed by atoms with Crippen LogP contribution in [0.1, 0.15) is 5.56 Å². The molecule has 0 aliphatic carbocycles. The van der Waals surface area contributed by atoms with Gasteiger partial charge in [0.25, 0.3) is 0 Å². The molecule has 0 spiro atoms. The Kier molecular flexibility index (Phi) is 6.35. The molecule has 0 saturated carbocycles. The van der Waals surface area contributed by atoms with Gasteiger partial charge in [-0.1, -0.05) is 6.07 Å². The summed E-state index contributed by atoms with van der Waals surface area (Å²) in [6.45, 7) is 0. The molecular formula is C10H15IO2S. The second kappa shape index (κ2) is 6.40. The Hall–Kier alpha value is -0.100. The molecule has 4 heteroatoms. The number of rotatable bonds is 3. The highest BCUT2D eigenvalue weighted by atomic mass is 127. The van der Waals surface area contributed by atoms with Crippen LogP contribution >= 0.6 is 0 Å². The number of phenols is 2. The summed E-state index contributed by atoms with van der Waals surface area (Å²) in [5, 5.41) is 18.3. The zero-order valence-electron chi connectivity index (χ0n) is 8.33. The van der Waals surface area contributed by atoms with E-state index in [2.05, 4.69) is 12.5 Å². The van der Waals surface area contributed by atoms with Gasteiger partial charge in [-0.15, -0.1) is 0 Å². The van der Waals surface area contributed by atoms with Gasteiger partial charge >= 0.3 is 0 Å². The monoisotopic (exact) mass is 326 g/mol. The van der Waals surface area contributed by atoms with E-state index in [-0.39, 0.29) is 35.5 Å². The topological polar surface area (TPSA) is 40.5 Å². The third kappa shape index (κ3) is 4.41. The molecule has 1 aromatic rings. The number of halogens is 1. The molecular weight excluding hydrogens is 311 g/mol. The van der Waals surface area contributed by atoms with Crippen LogP contribution in [0, 0.1) is 0 Å². The number of benzene rings is 1. The lowest BCUT2D eigenvalue weighted by Crippen LogP contribution is -3.00. The average Bonchev–Trinajstić information content (AvgIpc) is 2.07. The van der Waals surface area contributed by atoms with E-state index in [1.54, 1.807) is 6.07 Å². The Balaban J connectivity index is 0.00000169. The van der Waals surface area contributed by atoms with Crippen LogP contribution < -0.4 is 24.0 Å². The van der Waals surface area contributed by atoms with Crippen LogP contribution in [0.25, 0.3) is 0 Å². The van der Waals surface area contributed by atoms with Gasteiger partial charge in [0, 0.05) is 6.42 Å². The minimum Gasteiger partial charge on any atom is -1.00 e. The van der Waals surface area contributed by atoms with E-state index in [0.717, 1.165) is 17.7 Å². The molecule has 0 atom stereocenters. The second-order valence-electron chi connectivity index (χ2n) is 3.26. The maximum Gasteiger partial charge on any atom is 0.157 e. The van der Waals surface area contributed by atoms with Crippen molar-refractivity contribution < 1.29 is 34.2 Å². The first-order chi connectivity index (χ1) is 6.09. The van der Waals surface area contributed by atoms with Crippen LogP contribution in [-0.2, 0) is 17.3 Å². The second-order valence-corrected chi connectivity index (χ2v) is 5.64. The van der Waals surface area contributed by atoms with Gasteiger partial charge in [0.05, 0.1) is 12.5 Å². The van der Waals surface area contributed by atoms with Crippen LogP contribution in [0.3, 0.4) is 0 Å². The smallest absolute Gasteiger partial charge is 0.157 e. The van der Waals surface area contributed by atoms with Crippen LogP contribution in [0.4, 0.5) is 0 Å². The Bertz CT molecular complexity index is 289. The standard InChI is InChI=1S/C10H14O2S.HI/c1-13(2)6-5-8-3-4-9(11)10(12)7-8;/h3-4,7H,5-6H2,1-2H3,(H-,11,12);1H. The molecule has 0 unspecified atom stereocenters. The Labute approximate surface area is 105 Å². The van der Waals surface area contributed by atoms with E-state index in [4.69, 9.17) is 5.11 Å². The van der Waals surface area contributed by atoms with Crippen LogP contribution in [0.15, 0.2) is 18.2 Å². The normalized spacial score (nSPS) is 9.93. The predicted molar refractivity (Wildman–Crippen MR) is 57.6 cm³/mol. The molecule has 2 N–H and O–H groups in total. The Morgan fingerprint density at radius 2 is 1.79 bits per heavy atom. The summed E-state index contributed by atoms with van der Waals surface area (Å²) in [6, 6.07) is 5.01. The van der Waals surface area contributed by atoms with E-state index in [9.17, 15) is 5.11 Å². The summed E-state index contributed by atoms with van der Waals surface area (Å²) in [4.78, 5) is 0. The molecule has 0 aliphatic rings. The van der Waals surface area contributed by atoms with Crippen LogP contribution in [0.5, 0.6) is 11.5 Å². The fraction of sp³-hybridized carbons (Fsp3) is 0.400. The van der Waals surface area contributed by atoms with Gasteiger partial charge in [0.1, 0.15) is 5.75 Å². The number of aromatic hydroxyl groups is 2. The lowest BCUT2D eigenvalue weighted by molar-refractivity contribution is -0.00000461. The highest BCUT2D eigenvalue weighted by Crippen LogP contribution is 2.24. The van der Waals surface area contributed by atoms with Crippen molar-refractivity contribution in [3.8, 4) is 11.5 Å². The maximum absolute atomic E-state index is 9.22. The van der Waals surface area contributed by atoms with Crippen molar-refractivity contribution in [1.29, 1.82) is 0 Å². The number of hydrogen-bond acceptors (Lipinski definition) is 2. The maximum atomic E-state index is 9.22. The third-order valence-electron chi connectivity index (χ3n) is 1.84. The molecule has 0 fully saturated rings. The zero-order valence-corrected chi connectivity index (χ0v) is 11.3. The van der Waals surface area contributed by atoms with Gasteiger partial charge in [-0.3, -0.25) is 0 Å². The van der Waals surface area contributed by atoms with Gasteiger partial charge in [-0.25, -0.2) is 0 Å². The molecule has 0 aliphatic heterocycles. The van der Waals surface area contributed by atoms with E-state index >= 15 is 0 Å². The Morgan fingerprint density at radius 1 is 1.14 bits per heavy atom. The molecule has 0 amide bonds. The molecule has 1 aromatic carbocycles. The third-order valence-corrected chi connectivity index (χ3v) is 2.86. The molecule has 0 radical (unpaired) electrons. The first-order valence-corrected chi connectivity index (χ1v) is 6.35. The van der Waals surface area contributed by atoms with Gasteiger partial charge in [-0.2, -0.15) is 0 Å². The first kappa shape index (κ1) is 13.9. The minimum absolute atomic E-state index is 0. The Morgan fingerprint density at radius 3 is 2.29 bits per heavy atom. The number of aryl methyl sites for hydroxylation is 1. The minimum atomic E-state index is -0.0456. The summed E-state index contributed by atoms with van der Waals surface area (Å²) >= 11 is 0. The van der Waals surface area contributed by atoms with Crippen molar-refractivity contribution in [2.24, 2.45) is 0 Å². The predicted octanol–water partition coefficient (Wildman–Crippen LogP) is -1.48. The molecule has 80 valence electrons.